The standard InChI is InChI=1S/C11H22O5/c1-5-13-10(12)9-11(14-6-2,15-7-3)16-8-4/h5-9H2,1-4H3. The molecular formula is C11H22O5. The van der Waals surface area contributed by atoms with Crippen LogP contribution in [-0.4, -0.2) is 38.4 Å². The summed E-state index contributed by atoms with van der Waals surface area (Å²) in [6, 6.07) is 0. The zero-order chi connectivity index (χ0) is 12.4. The van der Waals surface area contributed by atoms with Crippen LogP contribution in [0.5, 0.6) is 0 Å². The van der Waals surface area contributed by atoms with Gasteiger partial charge in [-0.25, -0.2) is 0 Å². The average Bonchev–Trinajstić information content (AvgIpc) is 2.18. The van der Waals surface area contributed by atoms with Crippen LogP contribution in [0.4, 0.5) is 0 Å². The second-order valence-corrected chi connectivity index (χ2v) is 2.96. The third-order valence-corrected chi connectivity index (χ3v) is 1.76. The second kappa shape index (κ2) is 8.50. The van der Waals surface area contributed by atoms with E-state index in [0.717, 1.165) is 0 Å². The largest absolute Gasteiger partial charge is 0.466 e. The highest BCUT2D eigenvalue weighted by atomic mass is 16.9. The van der Waals surface area contributed by atoms with Gasteiger partial charge >= 0.3 is 5.97 Å². The van der Waals surface area contributed by atoms with Gasteiger partial charge in [-0.1, -0.05) is 0 Å². The maximum absolute atomic E-state index is 11.4. The molecule has 0 heterocycles. The predicted molar refractivity (Wildman–Crippen MR) is 58.9 cm³/mol. The van der Waals surface area contributed by atoms with Gasteiger partial charge in [0.15, 0.2) is 0 Å². The van der Waals surface area contributed by atoms with Crippen molar-refractivity contribution in [2.45, 2.75) is 40.1 Å². The van der Waals surface area contributed by atoms with Crippen molar-refractivity contribution in [3.63, 3.8) is 0 Å². The molecule has 0 N–H and O–H groups in total. The molecule has 96 valence electrons. The first-order valence-corrected chi connectivity index (χ1v) is 5.71. The Morgan fingerprint density at radius 3 is 1.62 bits per heavy atom. The minimum absolute atomic E-state index is 0.0592. The number of carbonyl (C=O) groups is 1. The van der Waals surface area contributed by atoms with E-state index in [2.05, 4.69) is 0 Å². The monoisotopic (exact) mass is 234 g/mol. The van der Waals surface area contributed by atoms with E-state index in [4.69, 9.17) is 18.9 Å². The van der Waals surface area contributed by atoms with Crippen molar-refractivity contribution in [3.05, 3.63) is 0 Å². The first kappa shape index (κ1) is 15.3. The van der Waals surface area contributed by atoms with Gasteiger partial charge in [0.25, 0.3) is 5.97 Å². The SMILES string of the molecule is CCOC(=O)CC(OCC)(OCC)OCC. The molecule has 5 heteroatoms. The lowest BCUT2D eigenvalue weighted by molar-refractivity contribution is -0.376. The summed E-state index contributed by atoms with van der Waals surface area (Å²) >= 11 is 0. The van der Waals surface area contributed by atoms with Crippen LogP contribution in [0.25, 0.3) is 0 Å². The van der Waals surface area contributed by atoms with Crippen LogP contribution < -0.4 is 0 Å². The van der Waals surface area contributed by atoms with Crippen molar-refractivity contribution in [3.8, 4) is 0 Å². The zero-order valence-electron chi connectivity index (χ0n) is 10.6. The van der Waals surface area contributed by atoms with Crippen LogP contribution in [0.1, 0.15) is 34.1 Å². The van der Waals surface area contributed by atoms with Gasteiger partial charge < -0.3 is 18.9 Å². The molecule has 0 aliphatic heterocycles. The second-order valence-electron chi connectivity index (χ2n) is 2.96. The molecular weight excluding hydrogens is 212 g/mol. The van der Waals surface area contributed by atoms with Crippen LogP contribution in [0.3, 0.4) is 0 Å². The van der Waals surface area contributed by atoms with Gasteiger partial charge in [-0.2, -0.15) is 0 Å². The van der Waals surface area contributed by atoms with Gasteiger partial charge in [0, 0.05) is 19.8 Å². The van der Waals surface area contributed by atoms with Gasteiger partial charge in [-0.05, 0) is 27.7 Å². The van der Waals surface area contributed by atoms with Gasteiger partial charge in [0.2, 0.25) is 0 Å². The lowest BCUT2D eigenvalue weighted by atomic mass is 10.3. The number of rotatable bonds is 9. The van der Waals surface area contributed by atoms with E-state index >= 15 is 0 Å². The summed E-state index contributed by atoms with van der Waals surface area (Å²) in [5.41, 5.74) is 0. The highest BCUT2D eigenvalue weighted by molar-refractivity contribution is 5.70. The third-order valence-electron chi connectivity index (χ3n) is 1.76. The van der Waals surface area contributed by atoms with Crippen molar-refractivity contribution in [1.29, 1.82) is 0 Å². The summed E-state index contributed by atoms with van der Waals surface area (Å²) in [5.74, 6) is -1.69. The molecule has 5 nitrogen and oxygen atoms in total. The van der Waals surface area contributed by atoms with E-state index in [9.17, 15) is 4.79 Å². The fourth-order valence-corrected chi connectivity index (χ4v) is 1.33. The first-order valence-electron chi connectivity index (χ1n) is 5.71. The van der Waals surface area contributed by atoms with E-state index in [0.29, 0.717) is 26.4 Å². The topological polar surface area (TPSA) is 54.0 Å². The molecule has 0 fully saturated rings. The van der Waals surface area contributed by atoms with Crippen LogP contribution in [0.2, 0.25) is 0 Å². The van der Waals surface area contributed by atoms with E-state index in [1.807, 2.05) is 20.8 Å². The van der Waals surface area contributed by atoms with Crippen molar-refractivity contribution in [2.24, 2.45) is 0 Å². The van der Waals surface area contributed by atoms with Gasteiger partial charge in [-0.15, -0.1) is 0 Å². The van der Waals surface area contributed by atoms with Gasteiger partial charge in [0.05, 0.1) is 6.61 Å². The van der Waals surface area contributed by atoms with Crippen molar-refractivity contribution < 1.29 is 23.7 Å². The predicted octanol–water partition coefficient (Wildman–Crippen LogP) is 1.70. The van der Waals surface area contributed by atoms with Crippen LogP contribution in [0, 0.1) is 0 Å². The molecule has 0 atom stereocenters. The number of hydrogen-bond acceptors (Lipinski definition) is 5. The van der Waals surface area contributed by atoms with Gasteiger partial charge in [-0.3, -0.25) is 4.79 Å². The molecule has 0 aliphatic carbocycles. The molecule has 0 aromatic heterocycles. The lowest BCUT2D eigenvalue weighted by Gasteiger charge is -2.31. The normalized spacial score (nSPS) is 11.5. The summed E-state index contributed by atoms with van der Waals surface area (Å²) in [4.78, 5) is 11.4. The van der Waals surface area contributed by atoms with Crippen molar-refractivity contribution in [2.75, 3.05) is 26.4 Å². The van der Waals surface area contributed by atoms with E-state index in [1.165, 1.54) is 0 Å². The average molecular weight is 234 g/mol. The number of carbonyl (C=O) groups excluding carboxylic acids is 1. The van der Waals surface area contributed by atoms with E-state index in [-0.39, 0.29) is 6.42 Å². The highest BCUT2D eigenvalue weighted by Crippen LogP contribution is 2.21. The zero-order valence-corrected chi connectivity index (χ0v) is 10.6. The summed E-state index contributed by atoms with van der Waals surface area (Å²) < 4.78 is 21.0. The maximum atomic E-state index is 11.4. The molecule has 0 saturated heterocycles. The molecule has 0 spiro atoms. The molecule has 0 bridgehead atoms. The quantitative estimate of drug-likeness (QED) is 0.449. The van der Waals surface area contributed by atoms with Crippen LogP contribution in [0.15, 0.2) is 0 Å². The summed E-state index contributed by atoms with van der Waals surface area (Å²) in [6.07, 6.45) is -0.0592. The Morgan fingerprint density at radius 1 is 0.875 bits per heavy atom. The minimum atomic E-state index is -1.30. The molecule has 0 radical (unpaired) electrons. The summed E-state index contributed by atoms with van der Waals surface area (Å²) in [6.45, 7) is 8.74. The Bertz CT molecular complexity index is 176. The smallest absolute Gasteiger partial charge is 0.314 e. The Labute approximate surface area is 97.0 Å². The van der Waals surface area contributed by atoms with Crippen LogP contribution >= 0.6 is 0 Å². The minimum Gasteiger partial charge on any atom is -0.466 e. The van der Waals surface area contributed by atoms with E-state index in [1.54, 1.807) is 6.92 Å². The molecule has 0 saturated carbocycles. The van der Waals surface area contributed by atoms with E-state index < -0.39 is 11.9 Å². The first-order chi connectivity index (χ1) is 7.64. The fraction of sp³-hybridized carbons (Fsp3) is 0.909. The molecule has 0 amide bonds. The maximum Gasteiger partial charge on any atom is 0.314 e. The Morgan fingerprint density at radius 2 is 1.31 bits per heavy atom. The molecule has 0 aliphatic rings. The molecule has 16 heavy (non-hydrogen) atoms. The molecule has 0 aromatic carbocycles. The Hall–Kier alpha value is -0.650. The van der Waals surface area contributed by atoms with Gasteiger partial charge in [0.1, 0.15) is 6.42 Å². The summed E-state index contributed by atoms with van der Waals surface area (Å²) in [5, 5.41) is 0. The summed E-state index contributed by atoms with van der Waals surface area (Å²) in [7, 11) is 0. The van der Waals surface area contributed by atoms with Crippen molar-refractivity contribution >= 4 is 5.97 Å². The number of esters is 1. The highest BCUT2D eigenvalue weighted by Gasteiger charge is 2.36. The number of ether oxygens (including phenoxy) is 4. The Balaban J connectivity index is 4.51. The molecule has 0 rings (SSSR count). The molecule has 0 unspecified atom stereocenters. The van der Waals surface area contributed by atoms with Crippen molar-refractivity contribution in [1.82, 2.24) is 0 Å². The fourth-order valence-electron chi connectivity index (χ4n) is 1.33. The lowest BCUT2D eigenvalue weighted by Crippen LogP contribution is -2.42. The van der Waals surface area contributed by atoms with Crippen LogP contribution in [-0.2, 0) is 23.7 Å². The third kappa shape index (κ3) is 5.44. The number of hydrogen-bond donors (Lipinski definition) is 0. The Kier molecular flexibility index (Phi) is 8.15. The molecule has 0 aromatic rings.